The molecule has 1 aromatic carbocycles. The zero-order valence-electron chi connectivity index (χ0n) is 14.0. The van der Waals surface area contributed by atoms with Crippen molar-refractivity contribution in [3.05, 3.63) is 23.3 Å². The van der Waals surface area contributed by atoms with Gasteiger partial charge in [-0.25, -0.2) is 25.9 Å². The van der Waals surface area contributed by atoms with Gasteiger partial charge in [0.25, 0.3) is 0 Å². The van der Waals surface area contributed by atoms with Crippen LogP contribution in [0.4, 0.5) is 5.69 Å². The number of unbranched alkanes of at least 4 members (excludes halogenated alkanes) is 1. The van der Waals surface area contributed by atoms with Crippen LogP contribution in [-0.2, 0) is 24.8 Å². The van der Waals surface area contributed by atoms with E-state index in [0.717, 1.165) is 17.1 Å². The summed E-state index contributed by atoms with van der Waals surface area (Å²) in [5.74, 6) is -0.715. The summed E-state index contributed by atoms with van der Waals surface area (Å²) >= 11 is 0. The summed E-state index contributed by atoms with van der Waals surface area (Å²) < 4.78 is 52.3. The molecule has 0 unspecified atom stereocenters. The molecular formula is C15H22N2O5S2. The minimum atomic E-state index is -3.68. The number of rotatable bonds is 6. The normalized spacial score (nSPS) is 17.5. The number of benzene rings is 1. The molecule has 1 heterocycles. The Morgan fingerprint density at radius 3 is 2.25 bits per heavy atom. The van der Waals surface area contributed by atoms with Crippen LogP contribution >= 0.6 is 0 Å². The highest BCUT2D eigenvalue weighted by atomic mass is 32.2. The third kappa shape index (κ3) is 3.62. The molecule has 1 amide bonds. The molecular weight excluding hydrogens is 352 g/mol. The van der Waals surface area contributed by atoms with Gasteiger partial charge < -0.3 is 0 Å². The topological polar surface area (TPSA) is 101 Å². The number of sulfonamides is 2. The molecule has 9 heteroatoms. The minimum absolute atomic E-state index is 0.0565. The molecule has 1 aliphatic heterocycles. The number of anilines is 1. The highest BCUT2D eigenvalue weighted by Crippen LogP contribution is 2.31. The van der Waals surface area contributed by atoms with Gasteiger partial charge in [0, 0.05) is 13.0 Å². The molecule has 7 nitrogen and oxygen atoms in total. The molecule has 1 N–H and O–H groups in total. The highest BCUT2D eigenvalue weighted by molar-refractivity contribution is 7.94. The summed E-state index contributed by atoms with van der Waals surface area (Å²) in [6, 6.07) is 2.87. The Hall–Kier alpha value is -1.45. The van der Waals surface area contributed by atoms with Gasteiger partial charge in [-0.2, -0.15) is 0 Å². The monoisotopic (exact) mass is 374 g/mol. The largest absolute Gasteiger partial charge is 0.273 e. The quantitative estimate of drug-likeness (QED) is 0.760. The lowest BCUT2D eigenvalue weighted by molar-refractivity contribution is -0.116. The predicted molar refractivity (Wildman–Crippen MR) is 91.9 cm³/mol. The number of carbonyl (C=O) groups is 1. The maximum Gasteiger partial charge on any atom is 0.242 e. The summed E-state index contributed by atoms with van der Waals surface area (Å²) in [4.78, 5) is 12.0. The van der Waals surface area contributed by atoms with Crippen molar-refractivity contribution < 1.29 is 21.6 Å². The van der Waals surface area contributed by atoms with Crippen molar-refractivity contribution in [3.8, 4) is 0 Å². The lowest BCUT2D eigenvalue weighted by atomic mass is 10.1. The van der Waals surface area contributed by atoms with Crippen molar-refractivity contribution in [2.24, 2.45) is 0 Å². The van der Waals surface area contributed by atoms with Gasteiger partial charge >= 0.3 is 0 Å². The van der Waals surface area contributed by atoms with Gasteiger partial charge in [-0.3, -0.25) is 4.79 Å². The molecule has 0 aromatic heterocycles. The van der Waals surface area contributed by atoms with Crippen LogP contribution in [0.1, 0.15) is 37.3 Å². The summed E-state index contributed by atoms with van der Waals surface area (Å²) in [6.07, 6.45) is 1.54. The van der Waals surface area contributed by atoms with E-state index in [1.165, 1.54) is 12.1 Å². The third-order valence-corrected chi connectivity index (χ3v) is 7.31. The molecule has 1 aromatic rings. The molecule has 1 aliphatic rings. The summed E-state index contributed by atoms with van der Waals surface area (Å²) in [5, 5.41) is 0. The Morgan fingerprint density at radius 2 is 1.79 bits per heavy atom. The smallest absolute Gasteiger partial charge is 0.242 e. The van der Waals surface area contributed by atoms with Crippen molar-refractivity contribution in [2.75, 3.05) is 16.6 Å². The molecule has 0 saturated carbocycles. The Balaban J connectivity index is 2.45. The van der Waals surface area contributed by atoms with Crippen LogP contribution in [0, 0.1) is 13.8 Å². The summed E-state index contributed by atoms with van der Waals surface area (Å²) in [5.41, 5.74) is 1.01. The van der Waals surface area contributed by atoms with E-state index in [9.17, 15) is 21.6 Å². The van der Waals surface area contributed by atoms with E-state index in [4.69, 9.17) is 0 Å². The van der Waals surface area contributed by atoms with Gasteiger partial charge in [0.05, 0.1) is 16.3 Å². The van der Waals surface area contributed by atoms with Crippen molar-refractivity contribution in [1.82, 2.24) is 4.72 Å². The summed E-state index contributed by atoms with van der Waals surface area (Å²) in [7, 11) is -7.35. The van der Waals surface area contributed by atoms with Crippen molar-refractivity contribution in [1.29, 1.82) is 0 Å². The summed E-state index contributed by atoms with van der Waals surface area (Å²) in [6.45, 7) is 5.50. The third-order valence-electron chi connectivity index (χ3n) is 3.85. The van der Waals surface area contributed by atoms with E-state index in [2.05, 4.69) is 4.72 Å². The van der Waals surface area contributed by atoms with Gasteiger partial charge in [0.2, 0.25) is 26.0 Å². The van der Waals surface area contributed by atoms with E-state index in [0.29, 0.717) is 17.7 Å². The average molecular weight is 374 g/mol. The van der Waals surface area contributed by atoms with Crippen LogP contribution in [-0.4, -0.2) is 35.0 Å². The van der Waals surface area contributed by atoms with Crippen LogP contribution in [0.25, 0.3) is 0 Å². The number of hydrogen-bond acceptors (Lipinski definition) is 5. The first-order valence-corrected chi connectivity index (χ1v) is 10.9. The van der Waals surface area contributed by atoms with Gasteiger partial charge in [0.1, 0.15) is 0 Å². The second kappa shape index (κ2) is 6.81. The highest BCUT2D eigenvalue weighted by Gasteiger charge is 2.37. The Labute approximate surface area is 143 Å². The van der Waals surface area contributed by atoms with E-state index in [-0.39, 0.29) is 22.8 Å². The van der Waals surface area contributed by atoms with Crippen molar-refractivity contribution >= 4 is 31.6 Å². The molecule has 0 spiro atoms. The Bertz CT molecular complexity index is 837. The molecule has 24 heavy (non-hydrogen) atoms. The Morgan fingerprint density at radius 1 is 1.21 bits per heavy atom. The van der Waals surface area contributed by atoms with Gasteiger partial charge in [-0.15, -0.1) is 0 Å². The maximum atomic E-state index is 12.5. The minimum Gasteiger partial charge on any atom is -0.273 e. The van der Waals surface area contributed by atoms with Crippen LogP contribution < -0.4 is 9.03 Å². The fourth-order valence-corrected chi connectivity index (χ4v) is 5.76. The van der Waals surface area contributed by atoms with Gasteiger partial charge in [-0.05, 0) is 43.5 Å². The zero-order chi connectivity index (χ0) is 18.1. The van der Waals surface area contributed by atoms with Gasteiger partial charge in [-0.1, -0.05) is 13.3 Å². The fraction of sp³-hybridized carbons (Fsp3) is 0.533. The number of nitrogens with zero attached hydrogens (tertiary/aromatic N) is 1. The first-order chi connectivity index (χ1) is 11.1. The first-order valence-electron chi connectivity index (χ1n) is 7.77. The molecule has 1 saturated heterocycles. The standard InChI is InChI=1S/C15H22N2O5S2/c1-4-5-7-16-24(21,22)15-11(2)9-13(10-12(15)3)17-14(18)6-8-23(17,19)20/h9-10,16H,4-8H2,1-3H3. The first kappa shape index (κ1) is 18.9. The number of amides is 1. The van der Waals surface area contributed by atoms with Gasteiger partial charge in [0.15, 0.2) is 0 Å². The van der Waals surface area contributed by atoms with E-state index >= 15 is 0 Å². The Kier molecular flexibility index (Phi) is 5.36. The number of carbonyl (C=O) groups excluding carboxylic acids is 1. The lowest BCUT2D eigenvalue weighted by Gasteiger charge is -2.19. The predicted octanol–water partition coefficient (Wildman–Crippen LogP) is 1.45. The molecule has 0 radical (unpaired) electrons. The average Bonchev–Trinajstić information content (AvgIpc) is 2.71. The van der Waals surface area contributed by atoms with Crippen molar-refractivity contribution in [3.63, 3.8) is 0 Å². The van der Waals surface area contributed by atoms with E-state index in [1.54, 1.807) is 13.8 Å². The number of hydrogen-bond donors (Lipinski definition) is 1. The SMILES string of the molecule is CCCCNS(=O)(=O)c1c(C)cc(N2C(=O)CCS2(=O)=O)cc1C. The fourth-order valence-electron chi connectivity index (χ4n) is 2.79. The number of nitrogens with one attached hydrogen (secondary N) is 1. The number of aryl methyl sites for hydroxylation is 2. The molecule has 0 aliphatic carbocycles. The molecule has 0 bridgehead atoms. The molecule has 0 atom stereocenters. The second-order valence-corrected chi connectivity index (χ2v) is 9.53. The molecule has 1 fully saturated rings. The van der Waals surface area contributed by atoms with Crippen LogP contribution in [0.2, 0.25) is 0 Å². The van der Waals surface area contributed by atoms with Crippen molar-refractivity contribution in [2.45, 2.75) is 44.9 Å². The van der Waals surface area contributed by atoms with Crippen LogP contribution in [0.5, 0.6) is 0 Å². The molecule has 134 valence electrons. The molecule has 2 rings (SSSR count). The van der Waals surface area contributed by atoms with Crippen LogP contribution in [0.3, 0.4) is 0 Å². The second-order valence-electron chi connectivity index (χ2n) is 5.88. The maximum absolute atomic E-state index is 12.5. The van der Waals surface area contributed by atoms with Crippen LogP contribution in [0.15, 0.2) is 17.0 Å². The van der Waals surface area contributed by atoms with E-state index in [1.807, 2.05) is 6.92 Å². The lowest BCUT2D eigenvalue weighted by Crippen LogP contribution is -2.30. The van der Waals surface area contributed by atoms with E-state index < -0.39 is 26.0 Å². The zero-order valence-corrected chi connectivity index (χ0v) is 15.6.